The summed E-state index contributed by atoms with van der Waals surface area (Å²) in [6.07, 6.45) is 2.98. The number of nitrogens with zero attached hydrogens (tertiary/aromatic N) is 4. The molecular formula is C18H19N5O2S. The molecule has 8 heteroatoms. The fourth-order valence-corrected chi connectivity index (χ4v) is 4.66. The van der Waals surface area contributed by atoms with Crippen LogP contribution in [0, 0.1) is 0 Å². The Morgan fingerprint density at radius 3 is 2.46 bits per heavy atom. The lowest BCUT2D eigenvalue weighted by molar-refractivity contribution is 0.313. The molecule has 0 aliphatic carbocycles. The summed E-state index contributed by atoms with van der Waals surface area (Å²) in [5.41, 5.74) is 1.55. The third kappa shape index (κ3) is 3.25. The van der Waals surface area contributed by atoms with Gasteiger partial charge in [-0.05, 0) is 25.0 Å². The number of hydrogen-bond acceptors (Lipinski definition) is 5. The normalized spacial score (nSPS) is 16.6. The van der Waals surface area contributed by atoms with E-state index in [1.807, 2.05) is 36.4 Å². The van der Waals surface area contributed by atoms with Gasteiger partial charge in [0.25, 0.3) is 10.0 Å². The van der Waals surface area contributed by atoms with E-state index >= 15 is 0 Å². The number of hydrogen-bond donors (Lipinski definition) is 1. The largest absolute Gasteiger partial charge is 0.331 e. The van der Waals surface area contributed by atoms with Crippen molar-refractivity contribution in [1.29, 1.82) is 0 Å². The highest BCUT2D eigenvalue weighted by molar-refractivity contribution is 7.89. The van der Waals surface area contributed by atoms with Crippen LogP contribution in [0.4, 0.5) is 0 Å². The van der Waals surface area contributed by atoms with Gasteiger partial charge in [0.1, 0.15) is 12.2 Å². The van der Waals surface area contributed by atoms with Gasteiger partial charge in [0.05, 0.1) is 5.69 Å². The minimum atomic E-state index is -3.61. The Hall–Kier alpha value is -2.58. The van der Waals surface area contributed by atoms with E-state index in [1.54, 1.807) is 18.5 Å². The zero-order chi connectivity index (χ0) is 18.0. The molecule has 1 fully saturated rings. The van der Waals surface area contributed by atoms with Crippen molar-refractivity contribution < 1.29 is 8.42 Å². The maximum atomic E-state index is 13.0. The van der Waals surface area contributed by atoms with Crippen molar-refractivity contribution in [3.05, 3.63) is 60.7 Å². The average Bonchev–Trinajstić information content (AvgIpc) is 3.24. The Balaban J connectivity index is 1.54. The van der Waals surface area contributed by atoms with Crippen LogP contribution in [0.25, 0.3) is 11.3 Å². The van der Waals surface area contributed by atoms with Crippen LogP contribution < -0.4 is 0 Å². The Bertz CT molecular complexity index is 966. The first-order valence-corrected chi connectivity index (χ1v) is 9.97. The predicted molar refractivity (Wildman–Crippen MR) is 96.8 cm³/mol. The molecule has 1 aromatic carbocycles. The van der Waals surface area contributed by atoms with Gasteiger partial charge in [-0.15, -0.1) is 10.2 Å². The van der Waals surface area contributed by atoms with Crippen LogP contribution in [0.1, 0.15) is 24.6 Å². The minimum Gasteiger partial charge on any atom is -0.331 e. The maximum absolute atomic E-state index is 13.0. The van der Waals surface area contributed by atoms with Crippen molar-refractivity contribution in [2.24, 2.45) is 0 Å². The summed E-state index contributed by atoms with van der Waals surface area (Å²) in [6.45, 7) is 0.899. The van der Waals surface area contributed by atoms with E-state index in [0.717, 1.165) is 11.4 Å². The van der Waals surface area contributed by atoms with E-state index < -0.39 is 10.0 Å². The number of nitrogens with one attached hydrogen (secondary N) is 1. The monoisotopic (exact) mass is 369 g/mol. The molecule has 1 aliphatic heterocycles. The molecule has 0 bridgehead atoms. The smallest absolute Gasteiger partial charge is 0.260 e. The van der Waals surface area contributed by atoms with Crippen LogP contribution in [-0.4, -0.2) is 46.0 Å². The standard InChI is InChI=1S/C18H19N5O2S/c24-26(25,23-11-9-15(10-12-23)18-19-13-20-22-18)17-8-4-7-16(21-17)14-5-2-1-3-6-14/h1-8,13,15H,9-12H2,(H,19,20,22). The van der Waals surface area contributed by atoms with Crippen molar-refractivity contribution >= 4 is 10.0 Å². The first-order valence-electron chi connectivity index (χ1n) is 8.53. The second-order valence-corrected chi connectivity index (χ2v) is 8.16. The highest BCUT2D eigenvalue weighted by Crippen LogP contribution is 2.28. The highest BCUT2D eigenvalue weighted by atomic mass is 32.2. The summed E-state index contributed by atoms with van der Waals surface area (Å²) in [7, 11) is -3.61. The Morgan fingerprint density at radius 2 is 1.77 bits per heavy atom. The van der Waals surface area contributed by atoms with E-state index in [-0.39, 0.29) is 10.9 Å². The number of piperidine rings is 1. The molecule has 3 aromatic rings. The first kappa shape index (κ1) is 16.9. The molecule has 0 spiro atoms. The Morgan fingerprint density at radius 1 is 1.00 bits per heavy atom. The van der Waals surface area contributed by atoms with E-state index in [4.69, 9.17) is 0 Å². The van der Waals surface area contributed by atoms with Gasteiger partial charge in [0.15, 0.2) is 5.03 Å². The lowest BCUT2D eigenvalue weighted by Gasteiger charge is -2.29. The number of benzene rings is 1. The molecule has 3 heterocycles. The average molecular weight is 369 g/mol. The zero-order valence-corrected chi connectivity index (χ0v) is 14.9. The molecule has 0 atom stereocenters. The van der Waals surface area contributed by atoms with Crippen LogP contribution in [-0.2, 0) is 10.0 Å². The lowest BCUT2D eigenvalue weighted by atomic mass is 9.98. The Labute approximate surface area is 152 Å². The first-order chi connectivity index (χ1) is 12.6. The molecular weight excluding hydrogens is 350 g/mol. The van der Waals surface area contributed by atoms with Crippen LogP contribution >= 0.6 is 0 Å². The summed E-state index contributed by atoms with van der Waals surface area (Å²) in [5.74, 6) is 1.04. The third-order valence-electron chi connectivity index (χ3n) is 4.67. The third-order valence-corrected chi connectivity index (χ3v) is 6.47. The van der Waals surface area contributed by atoms with Crippen LogP contribution in [0.5, 0.6) is 0 Å². The van der Waals surface area contributed by atoms with Gasteiger partial charge in [0, 0.05) is 24.6 Å². The lowest BCUT2D eigenvalue weighted by Crippen LogP contribution is -2.38. The Kier molecular flexibility index (Phi) is 4.52. The molecule has 1 saturated heterocycles. The molecule has 0 unspecified atom stereocenters. The number of pyridine rings is 1. The fraction of sp³-hybridized carbons (Fsp3) is 0.278. The summed E-state index contributed by atoms with van der Waals surface area (Å²) in [6, 6.07) is 14.7. The molecule has 2 aromatic heterocycles. The van der Waals surface area contributed by atoms with E-state index in [1.165, 1.54) is 4.31 Å². The van der Waals surface area contributed by atoms with E-state index in [2.05, 4.69) is 20.2 Å². The van der Waals surface area contributed by atoms with Crippen LogP contribution in [0.2, 0.25) is 0 Å². The van der Waals surface area contributed by atoms with Gasteiger partial charge < -0.3 is 4.98 Å². The van der Waals surface area contributed by atoms with Crippen LogP contribution in [0.15, 0.2) is 59.9 Å². The molecule has 26 heavy (non-hydrogen) atoms. The molecule has 0 amide bonds. The van der Waals surface area contributed by atoms with Crippen molar-refractivity contribution in [2.75, 3.05) is 13.1 Å². The fourth-order valence-electron chi connectivity index (χ4n) is 3.24. The van der Waals surface area contributed by atoms with Crippen LogP contribution in [0.3, 0.4) is 0 Å². The second kappa shape index (κ2) is 6.97. The minimum absolute atomic E-state index is 0.0944. The molecule has 0 radical (unpaired) electrons. The summed E-state index contributed by atoms with van der Waals surface area (Å²) in [4.78, 5) is 7.42. The molecule has 1 aliphatic rings. The van der Waals surface area contributed by atoms with Gasteiger partial charge >= 0.3 is 0 Å². The van der Waals surface area contributed by atoms with E-state index in [9.17, 15) is 8.42 Å². The van der Waals surface area contributed by atoms with Crippen molar-refractivity contribution in [1.82, 2.24) is 24.5 Å². The van der Waals surface area contributed by atoms with Crippen molar-refractivity contribution in [2.45, 2.75) is 23.8 Å². The predicted octanol–water partition coefficient (Wildman–Crippen LogP) is 2.43. The number of aromatic nitrogens is 4. The maximum Gasteiger partial charge on any atom is 0.260 e. The zero-order valence-electron chi connectivity index (χ0n) is 14.1. The van der Waals surface area contributed by atoms with Gasteiger partial charge in [-0.1, -0.05) is 36.4 Å². The molecule has 1 N–H and O–H groups in total. The number of sulfonamides is 1. The number of rotatable bonds is 4. The topological polar surface area (TPSA) is 91.8 Å². The van der Waals surface area contributed by atoms with E-state index in [0.29, 0.717) is 31.6 Å². The second-order valence-electron chi connectivity index (χ2n) is 6.28. The summed E-state index contributed by atoms with van der Waals surface area (Å²) < 4.78 is 27.5. The van der Waals surface area contributed by atoms with Gasteiger partial charge in [-0.2, -0.15) is 4.31 Å². The van der Waals surface area contributed by atoms with Gasteiger partial charge in [0.2, 0.25) is 0 Å². The SMILES string of the molecule is O=S(=O)(c1cccc(-c2ccccc2)n1)N1CCC(c2nnc[nH]2)CC1. The number of H-pyrrole nitrogens is 1. The van der Waals surface area contributed by atoms with Gasteiger partial charge in [-0.3, -0.25) is 0 Å². The molecule has 4 rings (SSSR count). The number of aromatic amines is 1. The summed E-state index contributed by atoms with van der Waals surface area (Å²) >= 11 is 0. The molecule has 134 valence electrons. The van der Waals surface area contributed by atoms with Crippen molar-refractivity contribution in [3.63, 3.8) is 0 Å². The molecule has 0 saturated carbocycles. The highest BCUT2D eigenvalue weighted by Gasteiger charge is 2.31. The quantitative estimate of drug-likeness (QED) is 0.762. The summed E-state index contributed by atoms with van der Waals surface area (Å²) in [5, 5.41) is 7.94. The van der Waals surface area contributed by atoms with Crippen molar-refractivity contribution in [3.8, 4) is 11.3 Å². The molecule has 7 nitrogen and oxygen atoms in total. The van der Waals surface area contributed by atoms with Gasteiger partial charge in [-0.25, -0.2) is 13.4 Å².